The van der Waals surface area contributed by atoms with Crippen LogP contribution in [0.1, 0.15) is 31.1 Å². The van der Waals surface area contributed by atoms with E-state index < -0.39 is 5.60 Å². The minimum Gasteiger partial charge on any atom is -0.444 e. The SMILES string of the molecule is Cn1c(=O)cc(C(=O)Nc2ccc(N3CCN(C(=O)OC(C)(C)C)CC3)cn2)c2ccccc21. The third-order valence-electron chi connectivity index (χ3n) is 5.68. The minimum absolute atomic E-state index is 0.252. The number of pyridine rings is 2. The summed E-state index contributed by atoms with van der Waals surface area (Å²) in [5, 5.41) is 3.48. The molecule has 0 bridgehead atoms. The van der Waals surface area contributed by atoms with Crippen LogP contribution in [-0.4, -0.2) is 58.2 Å². The number of rotatable bonds is 3. The maximum Gasteiger partial charge on any atom is 0.410 e. The van der Waals surface area contributed by atoms with E-state index in [0.717, 1.165) is 5.69 Å². The zero-order valence-corrected chi connectivity index (χ0v) is 19.9. The average Bonchev–Trinajstić information content (AvgIpc) is 2.81. The molecule has 1 aliphatic rings. The van der Waals surface area contributed by atoms with Crippen LogP contribution in [0, 0.1) is 0 Å². The van der Waals surface area contributed by atoms with Crippen LogP contribution in [0.2, 0.25) is 0 Å². The summed E-state index contributed by atoms with van der Waals surface area (Å²) < 4.78 is 6.96. The van der Waals surface area contributed by atoms with Gasteiger partial charge in [0.05, 0.1) is 23.0 Å². The first-order valence-electron chi connectivity index (χ1n) is 11.2. The summed E-state index contributed by atoms with van der Waals surface area (Å²) in [5.41, 5.74) is 1.13. The summed E-state index contributed by atoms with van der Waals surface area (Å²) in [6, 6.07) is 12.2. The van der Waals surface area contributed by atoms with E-state index in [2.05, 4.69) is 15.2 Å². The van der Waals surface area contributed by atoms with Gasteiger partial charge in [0.1, 0.15) is 11.4 Å². The van der Waals surface area contributed by atoms with Gasteiger partial charge in [-0.05, 0) is 39.0 Å². The van der Waals surface area contributed by atoms with Crippen molar-refractivity contribution < 1.29 is 14.3 Å². The molecule has 1 N–H and O–H groups in total. The summed E-state index contributed by atoms with van der Waals surface area (Å²) in [4.78, 5) is 45.7. The molecule has 1 aromatic carbocycles. The van der Waals surface area contributed by atoms with Gasteiger partial charge in [-0.2, -0.15) is 0 Å². The number of hydrogen-bond donors (Lipinski definition) is 1. The quantitative estimate of drug-likeness (QED) is 0.641. The molecule has 9 nitrogen and oxygen atoms in total. The molecule has 1 saturated heterocycles. The zero-order valence-electron chi connectivity index (χ0n) is 19.9. The predicted octanol–water partition coefficient (Wildman–Crippen LogP) is 3.24. The van der Waals surface area contributed by atoms with Crippen molar-refractivity contribution in [3.63, 3.8) is 0 Å². The molecule has 178 valence electrons. The maximum atomic E-state index is 12.9. The Bertz CT molecular complexity index is 1270. The standard InChI is InChI=1S/C25H29N5O4/c1-25(2,3)34-24(33)30-13-11-29(12-14-30)17-9-10-21(26-16-17)27-23(32)19-15-22(31)28(4)20-8-6-5-7-18(19)20/h5-10,15-16H,11-14H2,1-4H3,(H,26,27,32). The van der Waals surface area contributed by atoms with Gasteiger partial charge in [0.2, 0.25) is 0 Å². The molecule has 4 rings (SSSR count). The van der Waals surface area contributed by atoms with Crippen LogP contribution in [0.5, 0.6) is 0 Å². The maximum absolute atomic E-state index is 12.9. The van der Waals surface area contributed by atoms with Crippen molar-refractivity contribution in [1.29, 1.82) is 0 Å². The Morgan fingerprint density at radius 1 is 1.03 bits per heavy atom. The lowest BCUT2D eigenvalue weighted by atomic mass is 10.1. The lowest BCUT2D eigenvalue weighted by molar-refractivity contribution is 0.0240. The van der Waals surface area contributed by atoms with E-state index in [9.17, 15) is 14.4 Å². The number of hydrogen-bond acceptors (Lipinski definition) is 6. The fourth-order valence-corrected chi connectivity index (χ4v) is 3.90. The van der Waals surface area contributed by atoms with E-state index in [4.69, 9.17) is 4.74 Å². The molecule has 3 aromatic rings. The predicted molar refractivity (Wildman–Crippen MR) is 131 cm³/mol. The summed E-state index contributed by atoms with van der Waals surface area (Å²) in [6.07, 6.45) is 1.40. The van der Waals surface area contributed by atoms with E-state index >= 15 is 0 Å². The van der Waals surface area contributed by atoms with Crippen molar-refractivity contribution >= 4 is 34.4 Å². The second-order valence-electron chi connectivity index (χ2n) is 9.28. The number of piperazine rings is 1. The minimum atomic E-state index is -0.517. The number of benzene rings is 1. The van der Waals surface area contributed by atoms with Crippen molar-refractivity contribution in [2.75, 3.05) is 36.4 Å². The number of fused-ring (bicyclic) bond motifs is 1. The Balaban J connectivity index is 1.41. The van der Waals surface area contributed by atoms with Crippen LogP contribution in [0.15, 0.2) is 53.5 Å². The molecule has 0 saturated carbocycles. The van der Waals surface area contributed by atoms with Crippen molar-refractivity contribution in [2.24, 2.45) is 7.05 Å². The molecule has 0 spiro atoms. The highest BCUT2D eigenvalue weighted by molar-refractivity contribution is 6.12. The van der Waals surface area contributed by atoms with Crippen molar-refractivity contribution in [3.8, 4) is 0 Å². The topological polar surface area (TPSA) is 96.8 Å². The first kappa shape index (κ1) is 23.3. The summed E-state index contributed by atoms with van der Waals surface area (Å²) >= 11 is 0. The van der Waals surface area contributed by atoms with Gasteiger partial charge in [-0.25, -0.2) is 9.78 Å². The highest BCUT2D eigenvalue weighted by Crippen LogP contribution is 2.21. The van der Waals surface area contributed by atoms with E-state index in [0.29, 0.717) is 48.5 Å². The fourth-order valence-electron chi connectivity index (χ4n) is 3.90. The van der Waals surface area contributed by atoms with Gasteiger partial charge in [-0.15, -0.1) is 0 Å². The second-order valence-corrected chi connectivity index (χ2v) is 9.28. The van der Waals surface area contributed by atoms with Crippen LogP contribution < -0.4 is 15.8 Å². The molecule has 0 atom stereocenters. The van der Waals surface area contributed by atoms with Crippen LogP contribution in [0.3, 0.4) is 0 Å². The fraction of sp³-hybridized carbons (Fsp3) is 0.360. The van der Waals surface area contributed by atoms with Gasteiger partial charge >= 0.3 is 6.09 Å². The molecule has 2 aromatic heterocycles. The highest BCUT2D eigenvalue weighted by atomic mass is 16.6. The molecule has 9 heteroatoms. The third kappa shape index (κ3) is 5.03. The number of anilines is 2. The molecule has 2 amide bonds. The Morgan fingerprint density at radius 3 is 2.38 bits per heavy atom. The number of aryl methyl sites for hydroxylation is 1. The molecule has 0 radical (unpaired) electrons. The number of carbonyl (C=O) groups is 2. The number of nitrogens with zero attached hydrogens (tertiary/aromatic N) is 4. The third-order valence-corrected chi connectivity index (χ3v) is 5.68. The zero-order chi connectivity index (χ0) is 24.5. The molecule has 0 aliphatic carbocycles. The van der Waals surface area contributed by atoms with Gasteiger partial charge in [-0.3, -0.25) is 9.59 Å². The van der Waals surface area contributed by atoms with Crippen LogP contribution in [0.25, 0.3) is 10.9 Å². The molecular weight excluding hydrogens is 434 g/mol. The largest absolute Gasteiger partial charge is 0.444 e. The van der Waals surface area contributed by atoms with Gasteiger partial charge in [-0.1, -0.05) is 18.2 Å². The normalized spacial score (nSPS) is 14.2. The number of para-hydroxylation sites is 1. The Labute approximate surface area is 197 Å². The van der Waals surface area contributed by atoms with Crippen LogP contribution >= 0.6 is 0 Å². The Morgan fingerprint density at radius 2 is 1.74 bits per heavy atom. The lowest BCUT2D eigenvalue weighted by Gasteiger charge is -2.36. The second kappa shape index (κ2) is 9.17. The van der Waals surface area contributed by atoms with Gasteiger partial charge < -0.3 is 24.4 Å². The van der Waals surface area contributed by atoms with Gasteiger partial charge in [0.15, 0.2) is 0 Å². The Hall–Kier alpha value is -3.88. The number of aromatic nitrogens is 2. The van der Waals surface area contributed by atoms with Crippen molar-refractivity contribution in [1.82, 2.24) is 14.5 Å². The number of nitrogens with one attached hydrogen (secondary N) is 1. The monoisotopic (exact) mass is 463 g/mol. The molecule has 1 fully saturated rings. The van der Waals surface area contributed by atoms with Crippen LogP contribution in [-0.2, 0) is 11.8 Å². The first-order valence-corrected chi connectivity index (χ1v) is 11.2. The van der Waals surface area contributed by atoms with E-state index in [1.54, 1.807) is 24.2 Å². The van der Waals surface area contributed by atoms with Crippen LogP contribution in [0.4, 0.5) is 16.3 Å². The van der Waals surface area contributed by atoms with E-state index in [1.807, 2.05) is 51.1 Å². The van der Waals surface area contributed by atoms with Gasteiger partial charge in [0.25, 0.3) is 11.5 Å². The molecule has 34 heavy (non-hydrogen) atoms. The first-order chi connectivity index (χ1) is 16.1. The summed E-state index contributed by atoms with van der Waals surface area (Å²) in [7, 11) is 1.68. The number of amides is 2. The van der Waals surface area contributed by atoms with Gasteiger partial charge in [0, 0.05) is 44.7 Å². The number of ether oxygens (including phenoxy) is 1. The van der Waals surface area contributed by atoms with E-state index in [1.165, 1.54) is 10.6 Å². The lowest BCUT2D eigenvalue weighted by Crippen LogP contribution is -2.50. The molecule has 0 unspecified atom stereocenters. The summed E-state index contributed by atoms with van der Waals surface area (Å²) in [5.74, 6) is 0.00558. The molecule has 1 aliphatic heterocycles. The highest BCUT2D eigenvalue weighted by Gasteiger charge is 2.26. The molecule has 3 heterocycles. The van der Waals surface area contributed by atoms with E-state index in [-0.39, 0.29) is 17.6 Å². The van der Waals surface area contributed by atoms with Crippen molar-refractivity contribution in [2.45, 2.75) is 26.4 Å². The summed E-state index contributed by atoms with van der Waals surface area (Å²) in [6.45, 7) is 8.00. The smallest absolute Gasteiger partial charge is 0.410 e. The molecular formula is C25H29N5O4. The van der Waals surface area contributed by atoms with Crippen molar-refractivity contribution in [3.05, 3.63) is 64.6 Å². The average molecular weight is 464 g/mol. The Kier molecular flexibility index (Phi) is 6.28. The number of carbonyl (C=O) groups excluding carboxylic acids is 2.